The predicted molar refractivity (Wildman–Crippen MR) is 56.6 cm³/mol. The molecule has 1 aliphatic heterocycles. The van der Waals surface area contributed by atoms with E-state index in [2.05, 4.69) is 35.0 Å². The standard InChI is InChI=1S/C10H16N4/c1-4-8(2)10(13-12-3)14-6-9(5-11)7-14/h9,12H,2,4,6-7H2,1,3H3/b13-10+. The first-order chi connectivity index (χ1) is 6.72. The third-order valence-electron chi connectivity index (χ3n) is 2.32. The molecule has 76 valence electrons. The smallest absolute Gasteiger partial charge is 0.151 e. The number of nitrogens with zero attached hydrogens (tertiary/aromatic N) is 3. The Morgan fingerprint density at radius 1 is 1.71 bits per heavy atom. The number of nitrogens with one attached hydrogen (secondary N) is 1. The van der Waals surface area contributed by atoms with Crippen LogP contribution in [-0.2, 0) is 0 Å². The number of amidine groups is 1. The van der Waals surface area contributed by atoms with Crippen LogP contribution in [0, 0.1) is 17.2 Å². The molecule has 0 aromatic rings. The Bertz CT molecular complexity index is 281. The van der Waals surface area contributed by atoms with Crippen LogP contribution in [0.1, 0.15) is 13.3 Å². The Kier molecular flexibility index (Phi) is 3.52. The molecule has 14 heavy (non-hydrogen) atoms. The Morgan fingerprint density at radius 2 is 2.36 bits per heavy atom. The summed E-state index contributed by atoms with van der Waals surface area (Å²) in [6.45, 7) is 7.55. The Morgan fingerprint density at radius 3 is 2.79 bits per heavy atom. The Hall–Kier alpha value is -1.50. The van der Waals surface area contributed by atoms with Crippen LogP contribution < -0.4 is 5.43 Å². The summed E-state index contributed by atoms with van der Waals surface area (Å²) < 4.78 is 0. The quantitative estimate of drug-likeness (QED) is 0.411. The van der Waals surface area contributed by atoms with Crippen LogP contribution in [0.2, 0.25) is 0 Å². The molecule has 4 heteroatoms. The Labute approximate surface area is 84.9 Å². The fourth-order valence-electron chi connectivity index (χ4n) is 1.37. The zero-order chi connectivity index (χ0) is 10.6. The summed E-state index contributed by atoms with van der Waals surface area (Å²) in [6, 6.07) is 2.24. The Balaban J connectivity index is 2.59. The third kappa shape index (κ3) is 2.05. The third-order valence-corrected chi connectivity index (χ3v) is 2.32. The van der Waals surface area contributed by atoms with Gasteiger partial charge in [-0.3, -0.25) is 0 Å². The maximum Gasteiger partial charge on any atom is 0.151 e. The second-order valence-corrected chi connectivity index (χ2v) is 3.35. The average Bonchev–Trinajstić information content (AvgIpc) is 2.13. The SMILES string of the molecule is C=C(CC)/C(=N\NC)N1CC(C#N)C1. The van der Waals surface area contributed by atoms with E-state index in [1.165, 1.54) is 0 Å². The van der Waals surface area contributed by atoms with Gasteiger partial charge >= 0.3 is 0 Å². The van der Waals surface area contributed by atoms with Crippen LogP contribution in [0.25, 0.3) is 0 Å². The van der Waals surface area contributed by atoms with Gasteiger partial charge in [0.2, 0.25) is 0 Å². The lowest BCUT2D eigenvalue weighted by molar-refractivity contribution is 0.235. The lowest BCUT2D eigenvalue weighted by atomic mass is 10.0. The van der Waals surface area contributed by atoms with Crippen LogP contribution in [0.15, 0.2) is 17.3 Å². The molecular weight excluding hydrogens is 176 g/mol. The molecule has 0 radical (unpaired) electrons. The number of nitriles is 1. The molecule has 0 aliphatic carbocycles. The van der Waals surface area contributed by atoms with Crippen molar-refractivity contribution in [2.24, 2.45) is 11.0 Å². The van der Waals surface area contributed by atoms with E-state index in [4.69, 9.17) is 5.26 Å². The molecule has 1 N–H and O–H groups in total. The van der Waals surface area contributed by atoms with E-state index in [-0.39, 0.29) is 5.92 Å². The van der Waals surface area contributed by atoms with Gasteiger partial charge in [0.05, 0.1) is 12.0 Å². The van der Waals surface area contributed by atoms with Crippen molar-refractivity contribution in [3.05, 3.63) is 12.2 Å². The van der Waals surface area contributed by atoms with Crippen molar-refractivity contribution in [2.75, 3.05) is 20.1 Å². The van der Waals surface area contributed by atoms with E-state index in [0.717, 1.165) is 30.9 Å². The highest BCUT2D eigenvalue weighted by Crippen LogP contribution is 2.18. The number of rotatable bonds is 3. The van der Waals surface area contributed by atoms with Crippen molar-refractivity contribution in [1.29, 1.82) is 5.26 Å². The monoisotopic (exact) mass is 192 g/mol. The lowest BCUT2D eigenvalue weighted by Gasteiger charge is -2.38. The number of likely N-dealkylation sites (tertiary alicyclic amines) is 1. The van der Waals surface area contributed by atoms with Crippen molar-refractivity contribution < 1.29 is 0 Å². The first-order valence-corrected chi connectivity index (χ1v) is 4.80. The molecule has 1 fully saturated rings. The van der Waals surface area contributed by atoms with E-state index >= 15 is 0 Å². The molecule has 1 heterocycles. The van der Waals surface area contributed by atoms with Crippen molar-refractivity contribution in [3.8, 4) is 6.07 Å². The lowest BCUT2D eigenvalue weighted by Crippen LogP contribution is -2.50. The molecule has 0 unspecified atom stereocenters. The largest absolute Gasteiger partial charge is 0.352 e. The average molecular weight is 192 g/mol. The zero-order valence-electron chi connectivity index (χ0n) is 8.75. The molecule has 1 aliphatic rings. The molecule has 0 saturated carbocycles. The highest BCUT2D eigenvalue weighted by Gasteiger charge is 2.29. The van der Waals surface area contributed by atoms with Crippen LogP contribution in [0.4, 0.5) is 0 Å². The van der Waals surface area contributed by atoms with Gasteiger partial charge in [0.15, 0.2) is 5.84 Å². The maximum absolute atomic E-state index is 8.66. The van der Waals surface area contributed by atoms with Crippen molar-refractivity contribution in [1.82, 2.24) is 10.3 Å². The summed E-state index contributed by atoms with van der Waals surface area (Å²) in [4.78, 5) is 2.08. The highest BCUT2D eigenvalue weighted by atomic mass is 15.4. The second kappa shape index (κ2) is 4.66. The van der Waals surface area contributed by atoms with E-state index in [1.54, 1.807) is 7.05 Å². The van der Waals surface area contributed by atoms with Crippen LogP contribution >= 0.6 is 0 Å². The van der Waals surface area contributed by atoms with Crippen LogP contribution in [0.5, 0.6) is 0 Å². The number of hydrogen-bond donors (Lipinski definition) is 1. The maximum atomic E-state index is 8.66. The predicted octanol–water partition coefficient (Wildman–Crippen LogP) is 0.941. The minimum Gasteiger partial charge on any atom is -0.352 e. The van der Waals surface area contributed by atoms with Gasteiger partial charge in [-0.15, -0.1) is 0 Å². The van der Waals surface area contributed by atoms with Crippen molar-refractivity contribution in [3.63, 3.8) is 0 Å². The summed E-state index contributed by atoms with van der Waals surface area (Å²) in [5, 5.41) is 12.8. The molecule has 1 rings (SSSR count). The molecule has 0 aromatic heterocycles. The van der Waals surface area contributed by atoms with Gasteiger partial charge in [0.1, 0.15) is 0 Å². The number of hydrogen-bond acceptors (Lipinski definition) is 3. The van der Waals surface area contributed by atoms with E-state index in [9.17, 15) is 0 Å². The molecule has 0 amide bonds. The van der Waals surface area contributed by atoms with E-state index in [0.29, 0.717) is 0 Å². The fourth-order valence-corrected chi connectivity index (χ4v) is 1.37. The zero-order valence-corrected chi connectivity index (χ0v) is 8.75. The highest BCUT2D eigenvalue weighted by molar-refractivity contribution is 5.98. The van der Waals surface area contributed by atoms with E-state index in [1.807, 2.05) is 0 Å². The molecule has 0 aromatic carbocycles. The topological polar surface area (TPSA) is 51.4 Å². The molecule has 0 atom stereocenters. The minimum absolute atomic E-state index is 0.154. The normalized spacial score (nSPS) is 17.2. The van der Waals surface area contributed by atoms with Gasteiger partial charge in [-0.2, -0.15) is 10.4 Å². The van der Waals surface area contributed by atoms with Gasteiger partial charge in [0, 0.05) is 20.1 Å². The van der Waals surface area contributed by atoms with Gasteiger partial charge in [-0.1, -0.05) is 13.5 Å². The van der Waals surface area contributed by atoms with E-state index < -0.39 is 0 Å². The van der Waals surface area contributed by atoms with Crippen molar-refractivity contribution >= 4 is 5.84 Å². The fraction of sp³-hybridized carbons (Fsp3) is 0.600. The first-order valence-electron chi connectivity index (χ1n) is 4.80. The van der Waals surface area contributed by atoms with Gasteiger partial charge in [-0.25, -0.2) is 0 Å². The van der Waals surface area contributed by atoms with Gasteiger partial charge < -0.3 is 10.3 Å². The van der Waals surface area contributed by atoms with Gasteiger partial charge in [-0.05, 0) is 12.0 Å². The summed E-state index contributed by atoms with van der Waals surface area (Å²) in [7, 11) is 1.77. The van der Waals surface area contributed by atoms with Crippen molar-refractivity contribution in [2.45, 2.75) is 13.3 Å². The summed E-state index contributed by atoms with van der Waals surface area (Å²) in [5.74, 6) is 1.04. The molecule has 0 bridgehead atoms. The summed E-state index contributed by atoms with van der Waals surface area (Å²) in [5.41, 5.74) is 3.78. The molecular formula is C10H16N4. The second-order valence-electron chi connectivity index (χ2n) is 3.35. The molecule has 1 saturated heterocycles. The van der Waals surface area contributed by atoms with Crippen LogP contribution in [0.3, 0.4) is 0 Å². The summed E-state index contributed by atoms with van der Waals surface area (Å²) >= 11 is 0. The van der Waals surface area contributed by atoms with Crippen LogP contribution in [-0.4, -0.2) is 30.9 Å². The first kappa shape index (κ1) is 10.6. The number of hydrazone groups is 1. The molecule has 0 spiro atoms. The summed E-state index contributed by atoms with van der Waals surface area (Å²) in [6.07, 6.45) is 0.883. The van der Waals surface area contributed by atoms with Gasteiger partial charge in [0.25, 0.3) is 0 Å². The minimum atomic E-state index is 0.154. The molecule has 4 nitrogen and oxygen atoms in total.